The summed E-state index contributed by atoms with van der Waals surface area (Å²) in [6.45, 7) is 8.50. The Morgan fingerprint density at radius 2 is 1.55 bits per heavy atom. The first kappa shape index (κ1) is 27.8. The van der Waals surface area contributed by atoms with Crippen LogP contribution in [-0.4, -0.2) is 28.8 Å². The highest BCUT2D eigenvalue weighted by molar-refractivity contribution is 5.87. The third-order valence-corrected chi connectivity index (χ3v) is 3.59. The van der Waals surface area contributed by atoms with Crippen molar-refractivity contribution >= 4 is 23.7 Å². The third kappa shape index (κ3) is 17.8. The molecule has 0 radical (unpaired) electrons. The Morgan fingerprint density at radius 1 is 1.10 bits per heavy atom. The summed E-state index contributed by atoms with van der Waals surface area (Å²) in [5.41, 5.74) is 0.460. The number of carboxylic acid groups (broad SMARTS) is 1. The highest BCUT2D eigenvalue weighted by atomic mass is 16.4. The van der Waals surface area contributed by atoms with Gasteiger partial charge in [-0.25, -0.2) is 4.79 Å². The second-order valence-electron chi connectivity index (χ2n) is 6.32. The van der Waals surface area contributed by atoms with E-state index in [2.05, 4.69) is 37.8 Å². The van der Waals surface area contributed by atoms with Crippen molar-refractivity contribution in [3.63, 3.8) is 0 Å². The van der Waals surface area contributed by atoms with Crippen molar-refractivity contribution in [2.24, 2.45) is 5.41 Å². The Kier molecular flexibility index (Phi) is 16.1. The number of hydrogen-bond acceptors (Lipinski definition) is 5. The van der Waals surface area contributed by atoms with Gasteiger partial charge in [0, 0.05) is 11.8 Å². The molecule has 0 aromatic heterocycles. The molecular weight excluding hydrogens is 372 g/mol. The predicted molar refractivity (Wildman–Crippen MR) is 110 cm³/mol. The molecule has 6 nitrogen and oxygen atoms in total. The van der Waals surface area contributed by atoms with E-state index >= 15 is 0 Å². The number of ketones is 2. The molecule has 1 aromatic rings. The number of rotatable bonds is 5. The van der Waals surface area contributed by atoms with Gasteiger partial charge in [0.15, 0.2) is 5.78 Å². The standard InChI is InChI=1S/C11H16O.C7H6O2.C4H6O.CO2/c1-10(12)6-9-11(2)7-4-3-5-8-11;8-7(9)6-4-2-1-3-5-6;1-3-4(2)5;2-1-3/h4-5,7-8H,3,6,9H2,1-2H3;1-5H,(H,8,9);3H,1H2,2H3;. The lowest BCUT2D eigenvalue weighted by molar-refractivity contribution is -0.191. The molecule has 0 amide bonds. The zero-order valence-corrected chi connectivity index (χ0v) is 17.1. The molecule has 0 heterocycles. The fraction of sp³-hybridized carbons (Fsp3) is 0.304. The number of benzene rings is 1. The van der Waals surface area contributed by atoms with Gasteiger partial charge in [-0.15, -0.1) is 0 Å². The van der Waals surface area contributed by atoms with Gasteiger partial charge in [0.05, 0.1) is 5.56 Å². The van der Waals surface area contributed by atoms with Gasteiger partial charge in [0.2, 0.25) is 0 Å². The first-order valence-corrected chi connectivity index (χ1v) is 8.87. The number of carbonyl (C=O) groups is 3. The van der Waals surface area contributed by atoms with Gasteiger partial charge >= 0.3 is 12.1 Å². The number of Topliss-reactive ketones (excluding diaryl/α,β-unsaturated/α-hetero) is 1. The van der Waals surface area contributed by atoms with Gasteiger partial charge in [-0.05, 0) is 44.9 Å². The molecule has 0 bridgehead atoms. The Hall–Kier alpha value is -3.37. The van der Waals surface area contributed by atoms with Crippen molar-refractivity contribution in [2.75, 3.05) is 0 Å². The molecule has 1 aliphatic rings. The molecule has 1 aliphatic carbocycles. The van der Waals surface area contributed by atoms with Crippen LogP contribution >= 0.6 is 0 Å². The van der Waals surface area contributed by atoms with Gasteiger partial charge in [0.25, 0.3) is 0 Å². The van der Waals surface area contributed by atoms with Crippen LogP contribution < -0.4 is 0 Å². The van der Waals surface area contributed by atoms with Crippen LogP contribution in [0.4, 0.5) is 0 Å². The van der Waals surface area contributed by atoms with Crippen LogP contribution in [0.5, 0.6) is 0 Å². The van der Waals surface area contributed by atoms with Crippen LogP contribution in [0.3, 0.4) is 0 Å². The highest BCUT2D eigenvalue weighted by Gasteiger charge is 2.18. The SMILES string of the molecule is C=CC(C)=O.CC(=O)CCC1(C)C=CCC=C1.O=C(O)c1ccccc1.O=C=O. The van der Waals surface area contributed by atoms with Crippen LogP contribution in [0.15, 0.2) is 67.3 Å². The average molecular weight is 400 g/mol. The monoisotopic (exact) mass is 400 g/mol. The smallest absolute Gasteiger partial charge is 0.373 e. The number of hydrogen-bond donors (Lipinski definition) is 1. The Bertz CT molecular complexity index is 726. The molecular formula is C23H28O6. The summed E-state index contributed by atoms with van der Waals surface area (Å²) >= 11 is 0. The minimum atomic E-state index is -0.879. The predicted octanol–water partition coefficient (Wildman–Crippen LogP) is 4.44. The lowest BCUT2D eigenvalue weighted by Crippen LogP contribution is -2.12. The average Bonchev–Trinajstić information content (AvgIpc) is 2.69. The molecule has 6 heteroatoms. The van der Waals surface area contributed by atoms with Crippen LogP contribution in [-0.2, 0) is 19.2 Å². The van der Waals surface area contributed by atoms with Crippen LogP contribution in [0.2, 0.25) is 0 Å². The fourth-order valence-electron chi connectivity index (χ4n) is 2.00. The van der Waals surface area contributed by atoms with E-state index in [-0.39, 0.29) is 23.1 Å². The van der Waals surface area contributed by atoms with Gasteiger partial charge in [-0.1, -0.05) is 56.0 Å². The molecule has 156 valence electrons. The van der Waals surface area contributed by atoms with E-state index in [9.17, 15) is 14.4 Å². The van der Waals surface area contributed by atoms with Crippen molar-refractivity contribution in [2.45, 2.75) is 40.0 Å². The van der Waals surface area contributed by atoms with Crippen LogP contribution in [0.1, 0.15) is 50.4 Å². The molecule has 0 spiro atoms. The molecule has 0 saturated carbocycles. The number of carboxylic acids is 1. The molecule has 0 unspecified atom stereocenters. The summed E-state index contributed by atoms with van der Waals surface area (Å²) in [5.74, 6) is -0.579. The molecule has 0 aliphatic heterocycles. The normalized spacial score (nSPS) is 12.2. The lowest BCUT2D eigenvalue weighted by atomic mass is 9.82. The zero-order valence-electron chi connectivity index (χ0n) is 17.1. The van der Waals surface area contributed by atoms with Crippen molar-refractivity contribution in [1.29, 1.82) is 0 Å². The third-order valence-electron chi connectivity index (χ3n) is 3.59. The summed E-state index contributed by atoms with van der Waals surface area (Å²) in [7, 11) is 0. The van der Waals surface area contributed by atoms with E-state index in [4.69, 9.17) is 14.7 Å². The van der Waals surface area contributed by atoms with E-state index in [0.717, 1.165) is 12.8 Å². The van der Waals surface area contributed by atoms with Crippen molar-refractivity contribution in [1.82, 2.24) is 0 Å². The van der Waals surface area contributed by atoms with E-state index in [1.807, 2.05) is 0 Å². The van der Waals surface area contributed by atoms with E-state index in [1.165, 1.54) is 13.0 Å². The second-order valence-corrected chi connectivity index (χ2v) is 6.32. The zero-order chi connectivity index (χ0) is 22.7. The minimum absolute atomic E-state index is 0.0185. The van der Waals surface area contributed by atoms with Gasteiger partial charge in [-0.2, -0.15) is 9.59 Å². The summed E-state index contributed by atoms with van der Waals surface area (Å²) in [6.07, 6.45) is 12.9. The summed E-state index contributed by atoms with van der Waals surface area (Å²) in [4.78, 5) is 46.9. The maximum absolute atomic E-state index is 10.8. The second kappa shape index (κ2) is 16.8. The van der Waals surface area contributed by atoms with Gasteiger partial charge in [-0.3, -0.25) is 4.79 Å². The Labute approximate surface area is 171 Å². The van der Waals surface area contributed by atoms with Crippen molar-refractivity contribution in [3.8, 4) is 0 Å². The maximum atomic E-state index is 10.8. The molecule has 0 fully saturated rings. The number of carbonyl (C=O) groups excluding carboxylic acids is 4. The first-order valence-electron chi connectivity index (χ1n) is 8.87. The molecule has 2 rings (SSSR count). The largest absolute Gasteiger partial charge is 0.478 e. The van der Waals surface area contributed by atoms with Crippen LogP contribution in [0.25, 0.3) is 0 Å². The first-order chi connectivity index (χ1) is 13.6. The molecule has 1 N–H and O–H groups in total. The topological polar surface area (TPSA) is 106 Å². The molecule has 0 atom stereocenters. The van der Waals surface area contributed by atoms with E-state index in [1.54, 1.807) is 37.3 Å². The van der Waals surface area contributed by atoms with E-state index in [0.29, 0.717) is 12.0 Å². The molecule has 29 heavy (non-hydrogen) atoms. The minimum Gasteiger partial charge on any atom is -0.478 e. The highest BCUT2D eigenvalue weighted by Crippen LogP contribution is 2.29. The maximum Gasteiger partial charge on any atom is 0.373 e. The number of allylic oxidation sites excluding steroid dienone is 5. The van der Waals surface area contributed by atoms with Crippen molar-refractivity contribution < 1.29 is 29.1 Å². The van der Waals surface area contributed by atoms with Crippen molar-refractivity contribution in [3.05, 3.63) is 72.9 Å². The Morgan fingerprint density at radius 3 is 1.86 bits per heavy atom. The lowest BCUT2D eigenvalue weighted by Gasteiger charge is -2.23. The summed E-state index contributed by atoms with van der Waals surface area (Å²) in [5, 5.41) is 8.38. The van der Waals surface area contributed by atoms with E-state index < -0.39 is 5.97 Å². The van der Waals surface area contributed by atoms with Gasteiger partial charge < -0.3 is 9.90 Å². The van der Waals surface area contributed by atoms with Gasteiger partial charge in [0.1, 0.15) is 5.78 Å². The number of aromatic carboxylic acids is 1. The Balaban J connectivity index is 0. The fourth-order valence-corrected chi connectivity index (χ4v) is 2.00. The van der Waals surface area contributed by atoms with Crippen LogP contribution in [0, 0.1) is 5.41 Å². The quantitative estimate of drug-likeness (QED) is 0.578. The summed E-state index contributed by atoms with van der Waals surface area (Å²) < 4.78 is 0. The summed E-state index contributed by atoms with van der Waals surface area (Å²) in [6, 6.07) is 8.30. The molecule has 1 aromatic carbocycles. The molecule has 0 saturated heterocycles.